The van der Waals surface area contributed by atoms with Gasteiger partial charge in [-0.05, 0) is 31.2 Å². The van der Waals surface area contributed by atoms with Gasteiger partial charge in [0.1, 0.15) is 11.9 Å². The molecule has 136 valence electrons. The Labute approximate surface area is 151 Å². The van der Waals surface area contributed by atoms with E-state index in [0.29, 0.717) is 17.3 Å². The van der Waals surface area contributed by atoms with Crippen LogP contribution in [0.4, 0.5) is 11.5 Å². The third-order valence-electron chi connectivity index (χ3n) is 4.48. The van der Waals surface area contributed by atoms with Gasteiger partial charge >= 0.3 is 0 Å². The van der Waals surface area contributed by atoms with Gasteiger partial charge in [0, 0.05) is 13.1 Å². The Bertz CT molecular complexity index is 775. The summed E-state index contributed by atoms with van der Waals surface area (Å²) in [5.41, 5.74) is 1.02. The lowest BCUT2D eigenvalue weighted by molar-refractivity contribution is -0.128. The minimum atomic E-state index is -0.731. The number of fused-ring (bicyclic) bond motifs is 1. The number of pyridine rings is 1. The fourth-order valence-electron chi connectivity index (χ4n) is 3.07. The Balaban J connectivity index is 1.41. The molecule has 0 bridgehead atoms. The first-order chi connectivity index (χ1) is 12.7. The smallest absolute Gasteiger partial charge is 0.270 e. The van der Waals surface area contributed by atoms with E-state index < -0.39 is 12.2 Å². The Hall–Kier alpha value is -2.80. The highest BCUT2D eigenvalue weighted by atomic mass is 16.6. The maximum absolute atomic E-state index is 12.6. The summed E-state index contributed by atoms with van der Waals surface area (Å²) in [4.78, 5) is 19.1. The number of nitrogens with zero attached hydrogens (tertiary/aromatic N) is 2. The third kappa shape index (κ3) is 3.43. The molecule has 2 aliphatic rings. The van der Waals surface area contributed by atoms with Crippen molar-refractivity contribution in [2.24, 2.45) is 0 Å². The zero-order valence-electron chi connectivity index (χ0n) is 14.6. The summed E-state index contributed by atoms with van der Waals surface area (Å²) in [6.45, 7) is 4.94. The number of anilines is 2. The van der Waals surface area contributed by atoms with E-state index in [9.17, 15) is 4.79 Å². The second kappa shape index (κ2) is 7.21. The molecular weight excluding hydrogens is 334 g/mol. The largest absolute Gasteiger partial charge is 0.482 e. The molecule has 4 rings (SSSR count). The lowest BCUT2D eigenvalue weighted by Crippen LogP contribution is -2.46. The molecule has 1 aromatic heterocycles. The summed E-state index contributed by atoms with van der Waals surface area (Å²) in [5.74, 6) is 1.43. The van der Waals surface area contributed by atoms with Crippen LogP contribution in [0.2, 0.25) is 0 Å². The van der Waals surface area contributed by atoms with Crippen molar-refractivity contribution >= 4 is 17.4 Å². The molecule has 0 spiro atoms. The molecule has 0 saturated carbocycles. The van der Waals surface area contributed by atoms with Gasteiger partial charge in [-0.1, -0.05) is 12.1 Å². The van der Waals surface area contributed by atoms with E-state index in [1.54, 1.807) is 18.3 Å². The van der Waals surface area contributed by atoms with Gasteiger partial charge in [0.15, 0.2) is 11.5 Å². The molecule has 2 aliphatic heterocycles. The van der Waals surface area contributed by atoms with Crippen LogP contribution in [0.5, 0.6) is 11.5 Å². The highest BCUT2D eigenvalue weighted by Crippen LogP contribution is 2.33. The molecule has 1 N–H and O–H groups in total. The first-order valence-electron chi connectivity index (χ1n) is 8.73. The molecule has 0 unspecified atom stereocenters. The number of ether oxygens (including phenoxy) is 3. The second-order valence-electron chi connectivity index (χ2n) is 6.30. The maximum Gasteiger partial charge on any atom is 0.270 e. The van der Waals surface area contributed by atoms with Gasteiger partial charge in [0.2, 0.25) is 6.10 Å². The zero-order valence-corrected chi connectivity index (χ0v) is 14.6. The number of aromatic nitrogens is 1. The molecule has 26 heavy (non-hydrogen) atoms. The summed E-state index contributed by atoms with van der Waals surface area (Å²) in [6.07, 6.45) is 0.640. The minimum Gasteiger partial charge on any atom is -0.482 e. The van der Waals surface area contributed by atoms with Gasteiger partial charge in [0.25, 0.3) is 5.91 Å². The van der Waals surface area contributed by atoms with Gasteiger partial charge in [0.05, 0.1) is 25.1 Å². The zero-order chi connectivity index (χ0) is 17.9. The van der Waals surface area contributed by atoms with E-state index in [-0.39, 0.29) is 5.91 Å². The quantitative estimate of drug-likeness (QED) is 0.909. The monoisotopic (exact) mass is 355 g/mol. The first-order valence-corrected chi connectivity index (χ1v) is 8.73. The molecular formula is C19H21N3O4. The average Bonchev–Trinajstić information content (AvgIpc) is 2.68. The predicted octanol–water partition coefficient (Wildman–Crippen LogP) is 2.09. The SMILES string of the molecule is C[C@H]1Oc2ccccc2O[C@@H]1C(=O)Nc1ccc(N2CCOCC2)cn1. The topological polar surface area (TPSA) is 72.9 Å². The number of rotatable bonds is 3. The maximum atomic E-state index is 12.6. The molecule has 0 radical (unpaired) electrons. The van der Waals surface area contributed by atoms with Crippen LogP contribution >= 0.6 is 0 Å². The summed E-state index contributed by atoms with van der Waals surface area (Å²) < 4.78 is 16.9. The lowest BCUT2D eigenvalue weighted by Gasteiger charge is -2.31. The van der Waals surface area contributed by atoms with Crippen molar-refractivity contribution in [3.63, 3.8) is 0 Å². The number of benzene rings is 1. The Kier molecular flexibility index (Phi) is 4.62. The number of morpholine rings is 1. The molecule has 1 saturated heterocycles. The molecule has 3 heterocycles. The molecule has 7 heteroatoms. The average molecular weight is 355 g/mol. The number of hydrogen-bond donors (Lipinski definition) is 1. The third-order valence-corrected chi connectivity index (χ3v) is 4.48. The van der Waals surface area contributed by atoms with E-state index in [0.717, 1.165) is 32.0 Å². The van der Waals surface area contributed by atoms with Crippen molar-refractivity contribution in [1.29, 1.82) is 0 Å². The van der Waals surface area contributed by atoms with Gasteiger partial charge in [-0.25, -0.2) is 4.98 Å². The van der Waals surface area contributed by atoms with Crippen LogP contribution in [0.1, 0.15) is 6.92 Å². The molecule has 2 aromatic rings. The number of nitrogens with one attached hydrogen (secondary N) is 1. The van der Waals surface area contributed by atoms with E-state index in [1.165, 1.54) is 0 Å². The highest BCUT2D eigenvalue weighted by molar-refractivity contribution is 5.94. The highest BCUT2D eigenvalue weighted by Gasteiger charge is 2.34. The molecule has 0 aliphatic carbocycles. The molecule has 1 aromatic carbocycles. The van der Waals surface area contributed by atoms with Crippen molar-refractivity contribution in [3.8, 4) is 11.5 Å². The standard InChI is InChI=1S/C19H21N3O4/c1-13-18(26-16-5-3-2-4-15(16)25-13)19(23)21-17-7-6-14(12-20-17)22-8-10-24-11-9-22/h2-7,12-13,18H,8-11H2,1H3,(H,20,21,23)/t13-,18+/m1/s1. The van der Waals surface area contributed by atoms with Crippen LogP contribution in [0.15, 0.2) is 42.6 Å². The van der Waals surface area contributed by atoms with Crippen LogP contribution < -0.4 is 19.7 Å². The Morgan fingerprint density at radius 2 is 1.85 bits per heavy atom. The van der Waals surface area contributed by atoms with Crippen molar-refractivity contribution < 1.29 is 19.0 Å². The number of carbonyl (C=O) groups is 1. The van der Waals surface area contributed by atoms with Gasteiger partial charge in [-0.2, -0.15) is 0 Å². The molecule has 1 fully saturated rings. The van der Waals surface area contributed by atoms with Crippen molar-refractivity contribution in [1.82, 2.24) is 4.98 Å². The van der Waals surface area contributed by atoms with E-state index in [2.05, 4.69) is 15.2 Å². The molecule has 2 atom stereocenters. The van der Waals surface area contributed by atoms with E-state index in [1.807, 2.05) is 31.2 Å². The molecule has 1 amide bonds. The van der Waals surface area contributed by atoms with Crippen LogP contribution in [-0.4, -0.2) is 49.4 Å². The molecule has 7 nitrogen and oxygen atoms in total. The lowest BCUT2D eigenvalue weighted by atomic mass is 10.1. The van der Waals surface area contributed by atoms with E-state index in [4.69, 9.17) is 14.2 Å². The fourth-order valence-corrected chi connectivity index (χ4v) is 3.07. The van der Waals surface area contributed by atoms with Crippen molar-refractivity contribution in [3.05, 3.63) is 42.6 Å². The van der Waals surface area contributed by atoms with Gasteiger partial charge in [-0.3, -0.25) is 4.79 Å². The fraction of sp³-hybridized carbons (Fsp3) is 0.368. The summed E-state index contributed by atoms with van der Waals surface area (Å²) in [5, 5.41) is 2.80. The van der Waals surface area contributed by atoms with Crippen LogP contribution in [0.3, 0.4) is 0 Å². The van der Waals surface area contributed by atoms with Crippen molar-refractivity contribution in [2.75, 3.05) is 36.5 Å². The van der Waals surface area contributed by atoms with Gasteiger partial charge in [-0.15, -0.1) is 0 Å². The van der Waals surface area contributed by atoms with E-state index >= 15 is 0 Å². The summed E-state index contributed by atoms with van der Waals surface area (Å²) in [7, 11) is 0. The summed E-state index contributed by atoms with van der Waals surface area (Å²) in [6, 6.07) is 11.1. The first kappa shape index (κ1) is 16.7. The Morgan fingerprint density at radius 3 is 2.54 bits per heavy atom. The van der Waals surface area contributed by atoms with Crippen LogP contribution in [-0.2, 0) is 9.53 Å². The summed E-state index contributed by atoms with van der Waals surface area (Å²) >= 11 is 0. The number of hydrogen-bond acceptors (Lipinski definition) is 6. The number of carbonyl (C=O) groups excluding carboxylic acids is 1. The van der Waals surface area contributed by atoms with Crippen LogP contribution in [0, 0.1) is 0 Å². The Morgan fingerprint density at radius 1 is 1.12 bits per heavy atom. The minimum absolute atomic E-state index is 0.279. The number of para-hydroxylation sites is 2. The second-order valence-corrected chi connectivity index (χ2v) is 6.30. The predicted molar refractivity (Wildman–Crippen MR) is 96.8 cm³/mol. The number of amides is 1. The normalized spacial score (nSPS) is 22.0. The van der Waals surface area contributed by atoms with Crippen molar-refractivity contribution in [2.45, 2.75) is 19.1 Å². The van der Waals surface area contributed by atoms with Gasteiger partial charge < -0.3 is 24.4 Å². The van der Waals surface area contributed by atoms with Crippen LogP contribution in [0.25, 0.3) is 0 Å².